The number of carboxylic acid groups (broad SMARTS) is 1. The summed E-state index contributed by atoms with van der Waals surface area (Å²) in [7, 11) is 3.22. The number of methoxy groups -OCH3 is 2. The Bertz CT molecular complexity index is 2750. The van der Waals surface area contributed by atoms with E-state index in [0.29, 0.717) is 69.7 Å². The molecule has 360 valence electrons. The van der Waals surface area contributed by atoms with Gasteiger partial charge >= 0.3 is 11.9 Å². The number of hydrogen-bond donors (Lipinski definition) is 1. The third-order valence-electron chi connectivity index (χ3n) is 13.6. The van der Waals surface area contributed by atoms with Gasteiger partial charge in [-0.15, -0.1) is 0 Å². The lowest BCUT2D eigenvalue weighted by Crippen LogP contribution is -2.45. The molecule has 14 nitrogen and oxygen atoms in total. The number of pyridine rings is 2. The molecule has 2 aliphatic rings. The molecule has 0 unspecified atom stereocenters. The molecule has 0 aliphatic carbocycles. The highest BCUT2D eigenvalue weighted by atomic mass is 16.5. The minimum Gasteiger partial charge on any atom is -0.497 e. The monoisotopic (exact) mass is 928 g/mol. The van der Waals surface area contributed by atoms with Crippen molar-refractivity contribution >= 4 is 45.9 Å². The van der Waals surface area contributed by atoms with Crippen LogP contribution in [-0.4, -0.2) is 96.1 Å². The third-order valence-corrected chi connectivity index (χ3v) is 13.6. The van der Waals surface area contributed by atoms with E-state index >= 15 is 0 Å². The Balaban J connectivity index is 0.000000202. The maximum Gasteiger partial charge on any atom is 0.312 e. The molecule has 0 atom stereocenters. The minimum atomic E-state index is -0.743. The average molecular weight is 929 g/mol. The van der Waals surface area contributed by atoms with Gasteiger partial charge in [-0.25, -0.2) is 0 Å². The molecule has 6 heterocycles. The van der Waals surface area contributed by atoms with Gasteiger partial charge in [0.05, 0.1) is 55.2 Å². The summed E-state index contributed by atoms with van der Waals surface area (Å²) >= 11 is 0. The molecule has 2 aromatic carbocycles. The molecule has 2 saturated heterocycles. The van der Waals surface area contributed by atoms with Crippen molar-refractivity contribution in [3.05, 3.63) is 142 Å². The summed E-state index contributed by atoms with van der Waals surface area (Å²) < 4.78 is 30.3. The van der Waals surface area contributed by atoms with E-state index in [1.165, 1.54) is 0 Å². The molecule has 0 amide bonds. The van der Waals surface area contributed by atoms with E-state index in [1.54, 1.807) is 48.0 Å². The van der Waals surface area contributed by atoms with Gasteiger partial charge in [0.2, 0.25) is 0 Å². The lowest BCUT2D eigenvalue weighted by molar-refractivity contribution is -0.159. The zero-order valence-electron chi connectivity index (χ0n) is 39.5. The van der Waals surface area contributed by atoms with Crippen molar-refractivity contribution in [1.82, 2.24) is 18.9 Å². The third kappa shape index (κ3) is 12.3. The topological polar surface area (TPSA) is 159 Å². The zero-order valence-corrected chi connectivity index (χ0v) is 39.5. The molecule has 8 rings (SSSR count). The molecular weight excluding hydrogens is 865 g/mol. The Morgan fingerprint density at radius 2 is 1.09 bits per heavy atom. The summed E-state index contributed by atoms with van der Waals surface area (Å²) in [6.45, 7) is 7.95. The van der Waals surface area contributed by atoms with Gasteiger partial charge in [-0.05, 0) is 168 Å². The number of aliphatic carboxylic acids is 1. The number of esters is 1. The van der Waals surface area contributed by atoms with E-state index in [9.17, 15) is 24.3 Å². The van der Waals surface area contributed by atoms with E-state index in [4.69, 9.17) is 23.0 Å². The standard InChI is InChI=1S/C28H34N2O5.C26H30N2O5/c1-3-34-27(32)28(14-18-29(19-15-28)16-4-7-23-8-5-20-35-23)13-6-17-30-25-21-24(33-2)11-9-22(25)10-12-26(30)31;1-32-22-9-7-20-8-10-24(29)28(23(20)19-22)15-4-11-26(25(30)31)12-16-27(17-13-26)14-2-5-21-6-3-18-33-21/h4-5,7-12,20-21H,3,6,13-19H2,1-2H3;2-3,5-10,18-19H,4,11-17H2,1H3,(H,30,31)/b7-4+;5-2+. The molecule has 68 heavy (non-hydrogen) atoms. The van der Waals surface area contributed by atoms with Gasteiger partial charge in [-0.2, -0.15) is 0 Å². The molecule has 6 aromatic rings. The normalized spacial score (nSPS) is 16.2. The fourth-order valence-electron chi connectivity index (χ4n) is 9.55. The van der Waals surface area contributed by atoms with E-state index in [1.807, 2.05) is 97.9 Å². The molecule has 2 aliphatic heterocycles. The Hall–Kier alpha value is -6.64. The summed E-state index contributed by atoms with van der Waals surface area (Å²) in [5.74, 6) is 2.21. The van der Waals surface area contributed by atoms with Crippen molar-refractivity contribution in [2.75, 3.05) is 60.1 Å². The van der Waals surface area contributed by atoms with Crippen LogP contribution < -0.4 is 20.6 Å². The number of carbonyl (C=O) groups is 2. The number of rotatable bonds is 19. The Morgan fingerprint density at radius 3 is 1.50 bits per heavy atom. The van der Waals surface area contributed by atoms with Crippen molar-refractivity contribution in [2.45, 2.75) is 71.4 Å². The first-order valence-corrected chi connectivity index (χ1v) is 23.7. The molecular formula is C54H64N4O10. The summed E-state index contributed by atoms with van der Waals surface area (Å²) in [5.41, 5.74) is 0.271. The number of furan rings is 2. The maximum absolute atomic E-state index is 13.0. The van der Waals surface area contributed by atoms with Crippen LogP contribution in [0.5, 0.6) is 11.5 Å². The van der Waals surface area contributed by atoms with Crippen LogP contribution in [0.15, 0.2) is 128 Å². The number of hydrogen-bond acceptors (Lipinski definition) is 11. The molecule has 0 bridgehead atoms. The van der Waals surface area contributed by atoms with Crippen molar-refractivity contribution in [3.8, 4) is 11.5 Å². The first-order chi connectivity index (χ1) is 33.0. The number of nitrogens with zero attached hydrogens (tertiary/aromatic N) is 4. The van der Waals surface area contributed by atoms with Crippen molar-refractivity contribution in [2.24, 2.45) is 10.8 Å². The number of benzene rings is 2. The number of ether oxygens (including phenoxy) is 3. The Kier molecular flexibility index (Phi) is 16.9. The van der Waals surface area contributed by atoms with E-state index in [0.717, 1.165) is 85.4 Å². The van der Waals surface area contributed by atoms with Crippen molar-refractivity contribution in [3.63, 3.8) is 0 Å². The lowest BCUT2D eigenvalue weighted by atomic mass is 9.74. The number of piperidine rings is 2. The van der Waals surface area contributed by atoms with Crippen LogP contribution in [0.4, 0.5) is 0 Å². The van der Waals surface area contributed by atoms with Gasteiger partial charge in [0, 0.05) is 50.4 Å². The van der Waals surface area contributed by atoms with Crippen LogP contribution in [0.2, 0.25) is 0 Å². The molecule has 0 saturated carbocycles. The predicted molar refractivity (Wildman–Crippen MR) is 264 cm³/mol. The van der Waals surface area contributed by atoms with Crippen LogP contribution in [0.1, 0.15) is 69.8 Å². The fraction of sp³-hybridized carbons (Fsp3) is 0.407. The lowest BCUT2D eigenvalue weighted by Gasteiger charge is -2.39. The van der Waals surface area contributed by atoms with Gasteiger partial charge in [-0.3, -0.25) is 29.0 Å². The first kappa shape index (κ1) is 49.3. The summed E-state index contributed by atoms with van der Waals surface area (Å²) in [5, 5.41) is 12.0. The molecule has 1 N–H and O–H groups in total. The average Bonchev–Trinajstić information content (AvgIpc) is 4.09. The van der Waals surface area contributed by atoms with Gasteiger partial charge in [-0.1, -0.05) is 12.2 Å². The van der Waals surface area contributed by atoms with E-state index in [2.05, 4.69) is 15.9 Å². The molecule has 4 aromatic heterocycles. The molecule has 14 heteroatoms. The number of carboxylic acids is 1. The molecule has 0 radical (unpaired) electrons. The number of likely N-dealkylation sites (tertiary alicyclic amines) is 2. The Morgan fingerprint density at radius 1 is 0.647 bits per heavy atom. The second kappa shape index (κ2) is 23.4. The van der Waals surface area contributed by atoms with E-state index < -0.39 is 16.8 Å². The van der Waals surface area contributed by atoms with Crippen LogP contribution >= 0.6 is 0 Å². The quantitative estimate of drug-likeness (QED) is 0.0770. The van der Waals surface area contributed by atoms with Crippen molar-refractivity contribution in [1.29, 1.82) is 0 Å². The highest BCUT2D eigenvalue weighted by Gasteiger charge is 2.42. The van der Waals surface area contributed by atoms with Crippen LogP contribution in [0.3, 0.4) is 0 Å². The molecule has 2 fully saturated rings. The summed E-state index contributed by atoms with van der Waals surface area (Å²) in [4.78, 5) is 55.1. The number of aryl methyl sites for hydroxylation is 2. The number of carbonyl (C=O) groups excluding carboxylic acids is 1. The summed E-state index contributed by atoms with van der Waals surface area (Å²) in [6, 6.07) is 25.8. The van der Waals surface area contributed by atoms with Crippen molar-refractivity contribution < 1.29 is 37.7 Å². The van der Waals surface area contributed by atoms with Gasteiger partial charge in [0.25, 0.3) is 11.1 Å². The van der Waals surface area contributed by atoms with Crippen LogP contribution in [0.25, 0.3) is 34.0 Å². The summed E-state index contributed by atoms with van der Waals surface area (Å²) in [6.07, 6.45) is 16.7. The second-order valence-electron chi connectivity index (χ2n) is 17.7. The van der Waals surface area contributed by atoms with Gasteiger partial charge < -0.3 is 37.3 Å². The maximum atomic E-state index is 13.0. The van der Waals surface area contributed by atoms with Crippen LogP contribution in [-0.2, 0) is 27.4 Å². The predicted octanol–water partition coefficient (Wildman–Crippen LogP) is 9.01. The molecule has 0 spiro atoms. The van der Waals surface area contributed by atoms with Gasteiger partial charge in [0.15, 0.2) is 0 Å². The van der Waals surface area contributed by atoms with Crippen LogP contribution in [0, 0.1) is 10.8 Å². The zero-order chi connectivity index (χ0) is 47.9. The number of aromatic nitrogens is 2. The fourth-order valence-corrected chi connectivity index (χ4v) is 9.55. The second-order valence-corrected chi connectivity index (χ2v) is 17.7. The van der Waals surface area contributed by atoms with Gasteiger partial charge in [0.1, 0.15) is 23.0 Å². The smallest absolute Gasteiger partial charge is 0.312 e. The highest BCUT2D eigenvalue weighted by molar-refractivity contribution is 5.81. The first-order valence-electron chi connectivity index (χ1n) is 23.7. The number of fused-ring (bicyclic) bond motifs is 2. The minimum absolute atomic E-state index is 0.0471. The highest BCUT2D eigenvalue weighted by Crippen LogP contribution is 2.39. The largest absolute Gasteiger partial charge is 0.497 e. The Labute approximate surface area is 397 Å². The van der Waals surface area contributed by atoms with E-state index in [-0.39, 0.29) is 17.1 Å². The SMILES string of the molecule is CCOC(=O)C1(CCCn2c(=O)ccc3ccc(OC)cc32)CCN(C/C=C/c2ccco2)CC1.COc1ccc2ccc(=O)n(CCCC3(C(=O)O)CCN(C/C=C/c4ccco4)CC3)c2c1.